The molecule has 0 amide bonds. The van der Waals surface area contributed by atoms with Crippen LogP contribution in [0.15, 0.2) is 127 Å². The fourth-order valence-corrected chi connectivity index (χ4v) is 5.58. The van der Waals surface area contributed by atoms with Gasteiger partial charge in [0.05, 0.1) is 11.0 Å². The molecule has 1 heterocycles. The quantitative estimate of drug-likeness (QED) is 0.177. The largest absolute Gasteiger partial charge is 0.369 e. The molecule has 0 aliphatic carbocycles. The second-order valence-corrected chi connectivity index (χ2v) is 9.90. The maximum atomic E-state index is 6.29. The third-order valence-corrected chi connectivity index (χ3v) is 7.36. The third kappa shape index (κ3) is 5.14. The van der Waals surface area contributed by atoms with Crippen LogP contribution in [0, 0.1) is 0 Å². The number of benzene rings is 5. The summed E-state index contributed by atoms with van der Waals surface area (Å²) in [7, 11) is 0. The van der Waals surface area contributed by atoms with Crippen molar-refractivity contribution in [2.24, 2.45) is 0 Å². The number of nitrogens with zero attached hydrogens (tertiary/aromatic N) is 1. The molecule has 0 aliphatic rings. The summed E-state index contributed by atoms with van der Waals surface area (Å²) in [5.74, 6) is 0. The van der Waals surface area contributed by atoms with Crippen molar-refractivity contribution in [1.29, 1.82) is 0 Å². The lowest BCUT2D eigenvalue weighted by Gasteiger charge is -2.21. The lowest BCUT2D eigenvalue weighted by Crippen LogP contribution is -2.07. The summed E-state index contributed by atoms with van der Waals surface area (Å²) in [6.45, 7) is 5.34. The second-order valence-electron chi connectivity index (χ2n) is 9.90. The summed E-state index contributed by atoms with van der Waals surface area (Å²) in [4.78, 5) is 5.12. The van der Waals surface area contributed by atoms with E-state index in [0.29, 0.717) is 13.2 Å². The van der Waals surface area contributed by atoms with Crippen molar-refractivity contribution in [1.82, 2.24) is 4.98 Å². The van der Waals surface area contributed by atoms with Crippen LogP contribution < -0.4 is 0 Å². The predicted molar refractivity (Wildman–Crippen MR) is 165 cm³/mol. The molecule has 40 heavy (non-hydrogen) atoms. The van der Waals surface area contributed by atoms with E-state index in [4.69, 9.17) is 14.5 Å². The summed E-state index contributed by atoms with van der Waals surface area (Å²) in [5.41, 5.74) is 8.79. The minimum Gasteiger partial charge on any atom is -0.369 e. The SMILES string of the molecule is CCOC(c1ccccc1)c1ccc2nc3ccc(C(OCC)c4ccccc4)cc3c(-c3ccccc3)c2c1. The molecule has 0 bridgehead atoms. The summed E-state index contributed by atoms with van der Waals surface area (Å²) in [6, 6.07) is 44.6. The van der Waals surface area contributed by atoms with E-state index in [9.17, 15) is 0 Å². The molecule has 0 fully saturated rings. The van der Waals surface area contributed by atoms with Gasteiger partial charge in [-0.2, -0.15) is 0 Å². The molecule has 0 spiro atoms. The first-order valence-corrected chi connectivity index (χ1v) is 14.0. The van der Waals surface area contributed by atoms with Gasteiger partial charge in [-0.15, -0.1) is 0 Å². The fourth-order valence-electron chi connectivity index (χ4n) is 5.58. The first-order chi connectivity index (χ1) is 19.8. The molecule has 6 rings (SSSR count). The molecule has 0 saturated carbocycles. The van der Waals surface area contributed by atoms with Crippen molar-refractivity contribution < 1.29 is 9.47 Å². The molecular formula is C37H33NO2. The van der Waals surface area contributed by atoms with Crippen LogP contribution in [0.3, 0.4) is 0 Å². The van der Waals surface area contributed by atoms with E-state index in [1.807, 2.05) is 26.0 Å². The summed E-state index contributed by atoms with van der Waals surface area (Å²) >= 11 is 0. The van der Waals surface area contributed by atoms with Gasteiger partial charge in [0.2, 0.25) is 0 Å². The molecule has 5 aromatic carbocycles. The van der Waals surface area contributed by atoms with E-state index >= 15 is 0 Å². The number of rotatable bonds is 9. The molecule has 3 heteroatoms. The molecule has 0 radical (unpaired) electrons. The Hall–Kier alpha value is -4.31. The fraction of sp³-hybridized carbons (Fsp3) is 0.162. The Morgan fingerprint density at radius 2 is 0.925 bits per heavy atom. The van der Waals surface area contributed by atoms with Gasteiger partial charge in [-0.05, 0) is 65.9 Å². The minimum absolute atomic E-state index is 0.151. The van der Waals surface area contributed by atoms with Crippen LogP contribution in [-0.4, -0.2) is 18.2 Å². The Bertz CT molecular complexity index is 1610. The van der Waals surface area contributed by atoms with Crippen LogP contribution in [0.5, 0.6) is 0 Å². The van der Waals surface area contributed by atoms with Gasteiger partial charge >= 0.3 is 0 Å². The Morgan fingerprint density at radius 3 is 1.35 bits per heavy atom. The van der Waals surface area contributed by atoms with Gasteiger partial charge in [0.1, 0.15) is 12.2 Å². The Balaban J connectivity index is 1.59. The van der Waals surface area contributed by atoms with E-state index in [2.05, 4.69) is 115 Å². The summed E-state index contributed by atoms with van der Waals surface area (Å²) < 4.78 is 12.6. The smallest absolute Gasteiger partial charge is 0.108 e. The number of hydrogen-bond donors (Lipinski definition) is 0. The maximum absolute atomic E-state index is 6.29. The lowest BCUT2D eigenvalue weighted by atomic mass is 9.91. The zero-order chi connectivity index (χ0) is 27.3. The maximum Gasteiger partial charge on any atom is 0.108 e. The van der Waals surface area contributed by atoms with Crippen LogP contribution >= 0.6 is 0 Å². The number of fused-ring (bicyclic) bond motifs is 2. The molecule has 198 valence electrons. The van der Waals surface area contributed by atoms with Gasteiger partial charge in [-0.25, -0.2) is 4.98 Å². The topological polar surface area (TPSA) is 31.4 Å². The summed E-state index contributed by atoms with van der Waals surface area (Å²) in [6.07, 6.45) is -0.302. The van der Waals surface area contributed by atoms with Crippen LogP contribution in [0.4, 0.5) is 0 Å². The highest BCUT2D eigenvalue weighted by molar-refractivity contribution is 6.09. The first-order valence-electron chi connectivity index (χ1n) is 14.0. The van der Waals surface area contributed by atoms with Crippen molar-refractivity contribution in [2.75, 3.05) is 13.2 Å². The van der Waals surface area contributed by atoms with Gasteiger partial charge in [0, 0.05) is 29.5 Å². The summed E-state index contributed by atoms with van der Waals surface area (Å²) in [5, 5.41) is 2.23. The standard InChI is InChI=1S/C37H33NO2/c1-3-39-36(27-16-10-6-11-17-27)29-20-22-33-31(24-29)35(26-14-8-5-9-15-26)32-25-30(21-23-34(32)38-33)37(40-4-2)28-18-12-7-13-19-28/h5-25,36-37H,3-4H2,1-2H3. The molecule has 1 aromatic heterocycles. The minimum atomic E-state index is -0.151. The van der Waals surface area contributed by atoms with Gasteiger partial charge < -0.3 is 9.47 Å². The highest BCUT2D eigenvalue weighted by Crippen LogP contribution is 2.39. The van der Waals surface area contributed by atoms with Crippen LogP contribution in [0.1, 0.15) is 48.3 Å². The average molecular weight is 524 g/mol. The van der Waals surface area contributed by atoms with E-state index in [0.717, 1.165) is 49.6 Å². The molecule has 0 N–H and O–H groups in total. The molecule has 6 aromatic rings. The zero-order valence-corrected chi connectivity index (χ0v) is 23.0. The average Bonchev–Trinajstić information content (AvgIpc) is 3.02. The van der Waals surface area contributed by atoms with Gasteiger partial charge in [-0.1, -0.05) is 103 Å². The van der Waals surface area contributed by atoms with Crippen LogP contribution in [0.25, 0.3) is 32.9 Å². The van der Waals surface area contributed by atoms with Crippen molar-refractivity contribution in [3.05, 3.63) is 150 Å². The number of pyridine rings is 1. The highest BCUT2D eigenvalue weighted by Gasteiger charge is 2.20. The molecular weight excluding hydrogens is 490 g/mol. The Morgan fingerprint density at radius 1 is 0.500 bits per heavy atom. The normalized spacial score (nSPS) is 12.9. The molecule has 3 nitrogen and oxygen atoms in total. The molecule has 0 aliphatic heterocycles. The number of hydrogen-bond acceptors (Lipinski definition) is 3. The number of ether oxygens (including phenoxy) is 2. The Kier molecular flexibility index (Phi) is 7.67. The molecule has 2 unspecified atom stereocenters. The highest BCUT2D eigenvalue weighted by atomic mass is 16.5. The first kappa shape index (κ1) is 25.9. The van der Waals surface area contributed by atoms with E-state index in [-0.39, 0.29) is 12.2 Å². The van der Waals surface area contributed by atoms with Gasteiger partial charge in [-0.3, -0.25) is 0 Å². The second kappa shape index (κ2) is 11.8. The van der Waals surface area contributed by atoms with Gasteiger partial charge in [0.15, 0.2) is 0 Å². The zero-order valence-electron chi connectivity index (χ0n) is 23.0. The van der Waals surface area contributed by atoms with E-state index in [1.165, 1.54) is 5.56 Å². The van der Waals surface area contributed by atoms with Gasteiger partial charge in [0.25, 0.3) is 0 Å². The van der Waals surface area contributed by atoms with Crippen molar-refractivity contribution >= 4 is 21.8 Å². The van der Waals surface area contributed by atoms with E-state index < -0.39 is 0 Å². The van der Waals surface area contributed by atoms with Crippen molar-refractivity contribution in [3.8, 4) is 11.1 Å². The molecule has 0 saturated heterocycles. The van der Waals surface area contributed by atoms with Crippen LogP contribution in [-0.2, 0) is 9.47 Å². The van der Waals surface area contributed by atoms with Crippen molar-refractivity contribution in [3.63, 3.8) is 0 Å². The van der Waals surface area contributed by atoms with E-state index in [1.54, 1.807) is 0 Å². The van der Waals surface area contributed by atoms with Crippen molar-refractivity contribution in [2.45, 2.75) is 26.1 Å². The Labute approximate surface area is 236 Å². The van der Waals surface area contributed by atoms with Crippen LogP contribution in [0.2, 0.25) is 0 Å². The predicted octanol–water partition coefficient (Wildman–Crippen LogP) is 9.31. The monoisotopic (exact) mass is 523 g/mol. The molecule has 2 atom stereocenters. The number of aromatic nitrogens is 1. The third-order valence-electron chi connectivity index (χ3n) is 7.36. The lowest BCUT2D eigenvalue weighted by molar-refractivity contribution is 0.0913.